The molecule has 0 aliphatic carbocycles. The molecule has 1 fully saturated rings. The van der Waals surface area contributed by atoms with Crippen LogP contribution in [0, 0.1) is 18.8 Å². The van der Waals surface area contributed by atoms with Gasteiger partial charge in [-0.1, -0.05) is 19.0 Å². The quantitative estimate of drug-likeness (QED) is 0.380. The minimum atomic E-state index is 0.172. The predicted molar refractivity (Wildman–Crippen MR) is 78.8 cm³/mol. The van der Waals surface area contributed by atoms with Crippen molar-refractivity contribution in [2.45, 2.75) is 27.2 Å². The van der Waals surface area contributed by atoms with Gasteiger partial charge in [0.05, 0.1) is 0 Å². The zero-order valence-corrected chi connectivity index (χ0v) is 11.9. The van der Waals surface area contributed by atoms with Crippen molar-refractivity contribution in [1.29, 1.82) is 0 Å². The first-order chi connectivity index (χ1) is 9.02. The Labute approximate surface area is 114 Å². The number of nitrogens with zero attached hydrogens (tertiary/aromatic N) is 2. The third kappa shape index (κ3) is 2.83. The van der Waals surface area contributed by atoms with Crippen LogP contribution in [-0.4, -0.2) is 24.1 Å². The van der Waals surface area contributed by atoms with Gasteiger partial charge < -0.3 is 15.8 Å². The first-order valence-corrected chi connectivity index (χ1v) is 6.86. The highest BCUT2D eigenvalue weighted by Gasteiger charge is 2.25. The van der Waals surface area contributed by atoms with Crippen molar-refractivity contribution in [3.05, 3.63) is 29.3 Å². The lowest BCUT2D eigenvalue weighted by molar-refractivity contribution is 0.318. The molecule has 1 aliphatic rings. The van der Waals surface area contributed by atoms with E-state index in [1.165, 1.54) is 12.1 Å². The van der Waals surface area contributed by atoms with Gasteiger partial charge >= 0.3 is 0 Å². The Morgan fingerprint density at radius 1 is 1.47 bits per heavy atom. The Hall–Kier alpha value is -1.71. The van der Waals surface area contributed by atoms with E-state index in [9.17, 15) is 0 Å². The smallest absolute Gasteiger partial charge is 0.170 e. The molecule has 0 saturated carbocycles. The lowest BCUT2D eigenvalue weighted by Gasteiger charge is -2.21. The molecule has 104 valence electrons. The number of amidine groups is 1. The molecule has 2 rings (SSSR count). The van der Waals surface area contributed by atoms with Crippen molar-refractivity contribution < 1.29 is 5.21 Å². The van der Waals surface area contributed by atoms with Crippen molar-refractivity contribution >= 4 is 11.5 Å². The third-order valence-corrected chi connectivity index (χ3v) is 4.13. The zero-order valence-electron chi connectivity index (χ0n) is 11.9. The molecule has 4 heteroatoms. The van der Waals surface area contributed by atoms with E-state index in [-0.39, 0.29) is 5.84 Å². The van der Waals surface area contributed by atoms with Crippen molar-refractivity contribution in [3.63, 3.8) is 0 Å². The molecule has 1 atom stereocenters. The van der Waals surface area contributed by atoms with Crippen molar-refractivity contribution in [2.75, 3.05) is 18.0 Å². The van der Waals surface area contributed by atoms with Crippen molar-refractivity contribution in [3.8, 4) is 0 Å². The second-order valence-corrected chi connectivity index (χ2v) is 5.72. The average molecular weight is 261 g/mol. The van der Waals surface area contributed by atoms with E-state index in [4.69, 9.17) is 10.9 Å². The largest absolute Gasteiger partial charge is 0.409 e. The highest BCUT2D eigenvalue weighted by atomic mass is 16.4. The van der Waals surface area contributed by atoms with Crippen LogP contribution in [-0.2, 0) is 0 Å². The van der Waals surface area contributed by atoms with Gasteiger partial charge in [-0.25, -0.2) is 0 Å². The summed E-state index contributed by atoms with van der Waals surface area (Å²) in [5.74, 6) is 1.69. The van der Waals surface area contributed by atoms with Crippen LogP contribution in [0.4, 0.5) is 5.69 Å². The number of hydrogen-bond donors (Lipinski definition) is 2. The summed E-state index contributed by atoms with van der Waals surface area (Å²) in [6.45, 7) is 8.82. The molecule has 0 aromatic heterocycles. The molecular weight excluding hydrogens is 238 g/mol. The summed E-state index contributed by atoms with van der Waals surface area (Å²) in [6.07, 6.45) is 1.26. The molecule has 1 aliphatic heterocycles. The Bertz CT molecular complexity index is 482. The van der Waals surface area contributed by atoms with Crippen molar-refractivity contribution in [1.82, 2.24) is 0 Å². The lowest BCUT2D eigenvalue weighted by atomic mass is 9.95. The molecule has 3 N–H and O–H groups in total. The second-order valence-electron chi connectivity index (χ2n) is 5.72. The summed E-state index contributed by atoms with van der Waals surface area (Å²) < 4.78 is 0. The van der Waals surface area contributed by atoms with Gasteiger partial charge in [0.2, 0.25) is 0 Å². The number of anilines is 1. The summed E-state index contributed by atoms with van der Waals surface area (Å²) in [4.78, 5) is 2.42. The first kappa shape index (κ1) is 13.7. The van der Waals surface area contributed by atoms with Crippen LogP contribution in [0.25, 0.3) is 0 Å². The summed E-state index contributed by atoms with van der Waals surface area (Å²) in [6, 6.07) is 6.11. The average Bonchev–Trinajstić information content (AvgIpc) is 2.87. The zero-order chi connectivity index (χ0) is 14.0. The van der Waals surface area contributed by atoms with Crippen LogP contribution in [0.15, 0.2) is 23.4 Å². The molecule has 0 radical (unpaired) electrons. The fourth-order valence-electron chi connectivity index (χ4n) is 2.75. The van der Waals surface area contributed by atoms with Gasteiger partial charge in [0.25, 0.3) is 0 Å². The van der Waals surface area contributed by atoms with Crippen LogP contribution in [0.2, 0.25) is 0 Å². The monoisotopic (exact) mass is 261 g/mol. The number of oxime groups is 1. The first-order valence-electron chi connectivity index (χ1n) is 6.86. The van der Waals surface area contributed by atoms with Gasteiger partial charge in [-0.05, 0) is 48.9 Å². The number of benzene rings is 1. The second kappa shape index (κ2) is 5.51. The van der Waals surface area contributed by atoms with Gasteiger partial charge in [0.1, 0.15) is 0 Å². The third-order valence-electron chi connectivity index (χ3n) is 4.13. The molecule has 1 aromatic rings. The maximum absolute atomic E-state index is 8.74. The number of hydrogen-bond acceptors (Lipinski definition) is 3. The van der Waals surface area contributed by atoms with Gasteiger partial charge in [0.15, 0.2) is 5.84 Å². The van der Waals surface area contributed by atoms with E-state index in [2.05, 4.69) is 36.0 Å². The molecule has 1 heterocycles. The molecule has 4 nitrogen and oxygen atoms in total. The molecule has 0 bridgehead atoms. The normalized spacial score (nSPS) is 20.3. The highest BCUT2D eigenvalue weighted by Crippen LogP contribution is 2.29. The van der Waals surface area contributed by atoms with Crippen LogP contribution in [0.5, 0.6) is 0 Å². The van der Waals surface area contributed by atoms with Crippen LogP contribution < -0.4 is 10.6 Å². The Morgan fingerprint density at radius 3 is 2.74 bits per heavy atom. The fraction of sp³-hybridized carbons (Fsp3) is 0.533. The van der Waals surface area contributed by atoms with E-state index >= 15 is 0 Å². The Kier molecular flexibility index (Phi) is 3.98. The summed E-state index contributed by atoms with van der Waals surface area (Å²) in [5, 5.41) is 11.8. The SMILES string of the molecule is Cc1cc(N2CCC(C(C)C)C2)ccc1/C(N)=N/O. The molecule has 1 unspecified atom stereocenters. The van der Waals surface area contributed by atoms with Gasteiger partial charge in [-0.3, -0.25) is 0 Å². The van der Waals surface area contributed by atoms with Gasteiger partial charge in [0, 0.05) is 24.3 Å². The van der Waals surface area contributed by atoms with Crippen LogP contribution in [0.1, 0.15) is 31.4 Å². The highest BCUT2D eigenvalue weighted by molar-refractivity contribution is 5.98. The molecule has 0 amide bonds. The number of rotatable bonds is 3. The fourth-order valence-corrected chi connectivity index (χ4v) is 2.75. The van der Waals surface area contributed by atoms with E-state index in [1.54, 1.807) is 0 Å². The Balaban J connectivity index is 2.17. The van der Waals surface area contributed by atoms with Gasteiger partial charge in [-0.15, -0.1) is 0 Å². The standard InChI is InChI=1S/C15H23N3O/c1-10(2)12-6-7-18(9-12)13-4-5-14(11(3)8-13)15(16)17-19/h4-5,8,10,12,19H,6-7,9H2,1-3H3,(H2,16,17). The molecule has 1 aromatic carbocycles. The van der Waals surface area contributed by atoms with Gasteiger partial charge in [-0.2, -0.15) is 0 Å². The Morgan fingerprint density at radius 2 is 2.21 bits per heavy atom. The van der Waals surface area contributed by atoms with E-state index in [0.29, 0.717) is 0 Å². The molecular formula is C15H23N3O. The summed E-state index contributed by atoms with van der Waals surface area (Å²) >= 11 is 0. The van der Waals surface area contributed by atoms with Crippen molar-refractivity contribution in [2.24, 2.45) is 22.7 Å². The molecule has 0 spiro atoms. The maximum atomic E-state index is 8.74. The topological polar surface area (TPSA) is 61.8 Å². The van der Waals surface area contributed by atoms with E-state index in [1.807, 2.05) is 13.0 Å². The minimum absolute atomic E-state index is 0.172. The van der Waals surface area contributed by atoms with E-state index < -0.39 is 0 Å². The molecule has 19 heavy (non-hydrogen) atoms. The van der Waals surface area contributed by atoms with E-state index in [0.717, 1.165) is 36.1 Å². The summed E-state index contributed by atoms with van der Waals surface area (Å²) in [7, 11) is 0. The molecule has 1 saturated heterocycles. The number of aryl methyl sites for hydroxylation is 1. The lowest BCUT2D eigenvalue weighted by Crippen LogP contribution is -2.22. The van der Waals surface area contributed by atoms with Crippen LogP contribution >= 0.6 is 0 Å². The predicted octanol–water partition coefficient (Wildman–Crippen LogP) is 2.57. The number of nitrogens with two attached hydrogens (primary N) is 1. The maximum Gasteiger partial charge on any atom is 0.170 e. The summed E-state index contributed by atoms with van der Waals surface area (Å²) in [5.41, 5.74) is 8.72. The minimum Gasteiger partial charge on any atom is -0.409 e. The van der Waals surface area contributed by atoms with Crippen LogP contribution in [0.3, 0.4) is 0 Å².